The summed E-state index contributed by atoms with van der Waals surface area (Å²) in [6, 6.07) is 5.68. The first-order valence-electron chi connectivity index (χ1n) is 9.40. The smallest absolute Gasteiger partial charge is 0.233 e. The third kappa shape index (κ3) is 3.53. The van der Waals surface area contributed by atoms with Crippen molar-refractivity contribution in [3.63, 3.8) is 0 Å². The Bertz CT molecular complexity index is 932. The number of aromatic nitrogens is 1. The van der Waals surface area contributed by atoms with Crippen molar-refractivity contribution in [3.8, 4) is 0 Å². The molecule has 3 heterocycles. The van der Waals surface area contributed by atoms with Gasteiger partial charge in [0, 0.05) is 42.2 Å². The summed E-state index contributed by atoms with van der Waals surface area (Å²) >= 11 is 13.6. The first-order chi connectivity index (χ1) is 13.4. The van der Waals surface area contributed by atoms with Gasteiger partial charge in [-0.15, -0.1) is 11.3 Å². The van der Waals surface area contributed by atoms with Crippen molar-refractivity contribution in [2.45, 2.75) is 38.0 Å². The molecule has 148 valence electrons. The first-order valence-corrected chi connectivity index (χ1v) is 11.0. The number of thiazole rings is 1. The number of rotatable bonds is 4. The van der Waals surface area contributed by atoms with Crippen LogP contribution in [0, 0.1) is 0 Å². The Hall–Kier alpha value is -1.63. The predicted molar refractivity (Wildman–Crippen MR) is 112 cm³/mol. The molecule has 0 aliphatic carbocycles. The lowest BCUT2D eigenvalue weighted by Gasteiger charge is -2.26. The van der Waals surface area contributed by atoms with Crippen molar-refractivity contribution in [2.24, 2.45) is 0 Å². The molecular weight excluding hydrogens is 417 g/mol. The summed E-state index contributed by atoms with van der Waals surface area (Å²) in [5, 5.41) is 1.36. The molecule has 1 aromatic carbocycles. The third-order valence-electron chi connectivity index (χ3n) is 5.58. The number of fused-ring (bicyclic) bond motifs is 2. The lowest BCUT2D eigenvalue weighted by atomic mass is 9.81. The summed E-state index contributed by atoms with van der Waals surface area (Å²) in [5.41, 5.74) is 1.71. The molecule has 5 nitrogen and oxygen atoms in total. The minimum atomic E-state index is -0.250. The summed E-state index contributed by atoms with van der Waals surface area (Å²) in [6.07, 6.45) is 4.02. The largest absolute Gasteiger partial charge is 0.342 e. The van der Waals surface area contributed by atoms with Crippen LogP contribution < -0.4 is 4.90 Å². The first kappa shape index (κ1) is 19.7. The van der Waals surface area contributed by atoms with Crippen molar-refractivity contribution >= 4 is 52.0 Å². The number of nitrogens with zero attached hydrogens (tertiary/aromatic N) is 3. The number of halogens is 2. The zero-order valence-corrected chi connectivity index (χ0v) is 17.9. The number of likely N-dealkylation sites (tertiary alicyclic amines) is 1. The molecule has 1 atom stereocenters. The summed E-state index contributed by atoms with van der Waals surface area (Å²) in [4.78, 5) is 33.5. The molecule has 1 aromatic heterocycles. The van der Waals surface area contributed by atoms with Gasteiger partial charge in [0.2, 0.25) is 11.8 Å². The van der Waals surface area contributed by atoms with Gasteiger partial charge < -0.3 is 9.80 Å². The highest BCUT2D eigenvalue weighted by atomic mass is 35.5. The van der Waals surface area contributed by atoms with Gasteiger partial charge >= 0.3 is 0 Å². The number of anilines is 1. The van der Waals surface area contributed by atoms with Crippen LogP contribution in [-0.4, -0.2) is 41.3 Å². The second-order valence-electron chi connectivity index (χ2n) is 7.47. The van der Waals surface area contributed by atoms with Crippen molar-refractivity contribution < 1.29 is 9.59 Å². The molecule has 2 aliphatic rings. The van der Waals surface area contributed by atoms with E-state index in [1.807, 2.05) is 34.9 Å². The van der Waals surface area contributed by atoms with E-state index in [-0.39, 0.29) is 23.7 Å². The fourth-order valence-corrected chi connectivity index (χ4v) is 5.38. The maximum absolute atomic E-state index is 13.1. The van der Waals surface area contributed by atoms with Crippen LogP contribution in [0.3, 0.4) is 0 Å². The SMILES string of the molecule is CCCC(=O)N1CCC2(C1)CN(C(=O)Cc1ncc(Cl)s1)c1ccc(Cl)cc12. The summed E-state index contributed by atoms with van der Waals surface area (Å²) in [5.74, 6) is 0.176. The van der Waals surface area contributed by atoms with E-state index in [0.29, 0.717) is 33.9 Å². The number of benzene rings is 1. The van der Waals surface area contributed by atoms with Crippen LogP contribution in [0.4, 0.5) is 5.69 Å². The molecule has 2 aromatic rings. The Morgan fingerprint density at radius 2 is 2.07 bits per heavy atom. The molecular formula is C20H21Cl2N3O2S. The topological polar surface area (TPSA) is 53.5 Å². The number of amides is 2. The fourth-order valence-electron chi connectivity index (χ4n) is 4.26. The lowest BCUT2D eigenvalue weighted by Crippen LogP contribution is -2.40. The molecule has 2 amide bonds. The molecule has 1 fully saturated rings. The third-order valence-corrected chi connectivity index (χ3v) is 6.93. The van der Waals surface area contributed by atoms with Crippen molar-refractivity contribution in [1.82, 2.24) is 9.88 Å². The van der Waals surface area contributed by atoms with E-state index in [2.05, 4.69) is 4.98 Å². The van der Waals surface area contributed by atoms with Gasteiger partial charge in [-0.1, -0.05) is 30.1 Å². The van der Waals surface area contributed by atoms with Gasteiger partial charge in [0.1, 0.15) is 9.34 Å². The van der Waals surface area contributed by atoms with E-state index < -0.39 is 0 Å². The second-order valence-corrected chi connectivity index (χ2v) is 9.65. The monoisotopic (exact) mass is 437 g/mol. The number of carbonyl (C=O) groups excluding carboxylic acids is 2. The molecule has 1 unspecified atom stereocenters. The van der Waals surface area contributed by atoms with Gasteiger partial charge in [-0.3, -0.25) is 9.59 Å². The molecule has 1 spiro atoms. The Labute approximate surface area is 178 Å². The van der Waals surface area contributed by atoms with Gasteiger partial charge in [-0.2, -0.15) is 0 Å². The molecule has 2 aliphatic heterocycles. The van der Waals surface area contributed by atoms with Crippen LogP contribution in [0.1, 0.15) is 36.8 Å². The van der Waals surface area contributed by atoms with Crippen molar-refractivity contribution in [2.75, 3.05) is 24.5 Å². The van der Waals surface area contributed by atoms with Crippen LogP contribution in [0.25, 0.3) is 0 Å². The highest BCUT2D eigenvalue weighted by Gasteiger charge is 2.49. The summed E-state index contributed by atoms with van der Waals surface area (Å²) < 4.78 is 0.578. The lowest BCUT2D eigenvalue weighted by molar-refractivity contribution is -0.130. The predicted octanol–water partition coefficient (Wildman–Crippen LogP) is 4.31. The quantitative estimate of drug-likeness (QED) is 0.715. The Balaban J connectivity index is 1.62. The molecule has 0 N–H and O–H groups in total. The van der Waals surface area contributed by atoms with Gasteiger partial charge in [-0.05, 0) is 36.6 Å². The molecule has 28 heavy (non-hydrogen) atoms. The van der Waals surface area contributed by atoms with Gasteiger partial charge in [0.05, 0.1) is 12.6 Å². The molecule has 0 radical (unpaired) electrons. The van der Waals surface area contributed by atoms with Gasteiger partial charge in [0.25, 0.3) is 0 Å². The average molecular weight is 438 g/mol. The van der Waals surface area contributed by atoms with E-state index >= 15 is 0 Å². The molecule has 8 heteroatoms. The van der Waals surface area contributed by atoms with E-state index in [9.17, 15) is 9.59 Å². The summed E-state index contributed by atoms with van der Waals surface area (Å²) in [7, 11) is 0. The highest BCUT2D eigenvalue weighted by Crippen LogP contribution is 2.47. The zero-order valence-electron chi connectivity index (χ0n) is 15.6. The number of carbonyl (C=O) groups is 2. The Morgan fingerprint density at radius 1 is 1.25 bits per heavy atom. The average Bonchev–Trinajstić information content (AvgIpc) is 3.35. The van der Waals surface area contributed by atoms with Crippen LogP contribution >= 0.6 is 34.5 Å². The molecule has 0 saturated carbocycles. The van der Waals surface area contributed by atoms with Gasteiger partial charge in [0.15, 0.2) is 0 Å². The second kappa shape index (κ2) is 7.65. The van der Waals surface area contributed by atoms with E-state index in [0.717, 1.165) is 30.6 Å². The Morgan fingerprint density at radius 3 is 2.79 bits per heavy atom. The minimum Gasteiger partial charge on any atom is -0.342 e. The normalized spacial score (nSPS) is 20.8. The standard InChI is InChI=1S/C20H21Cl2N3O2S/c1-2-3-18(26)24-7-6-20(11-24)12-25(15-5-4-13(21)8-14(15)20)19(27)9-17-23-10-16(22)28-17/h4-5,8,10H,2-3,6-7,9,11-12H2,1H3. The maximum atomic E-state index is 13.1. The van der Waals surface area contributed by atoms with Crippen molar-refractivity contribution in [3.05, 3.63) is 44.3 Å². The van der Waals surface area contributed by atoms with E-state index in [1.165, 1.54) is 11.3 Å². The zero-order chi connectivity index (χ0) is 19.9. The van der Waals surface area contributed by atoms with E-state index in [4.69, 9.17) is 23.2 Å². The molecule has 4 rings (SSSR count). The van der Waals surface area contributed by atoms with Crippen molar-refractivity contribution in [1.29, 1.82) is 0 Å². The highest BCUT2D eigenvalue weighted by molar-refractivity contribution is 7.15. The van der Waals surface area contributed by atoms with Crippen LogP contribution in [0.5, 0.6) is 0 Å². The molecule has 1 saturated heterocycles. The van der Waals surface area contributed by atoms with Crippen LogP contribution in [-0.2, 0) is 21.4 Å². The minimum absolute atomic E-state index is 0.00945. The van der Waals surface area contributed by atoms with Gasteiger partial charge in [-0.25, -0.2) is 4.98 Å². The van der Waals surface area contributed by atoms with E-state index in [1.54, 1.807) is 6.20 Å². The maximum Gasteiger partial charge on any atom is 0.233 e. The summed E-state index contributed by atoms with van der Waals surface area (Å²) in [6.45, 7) is 3.93. The number of hydrogen-bond acceptors (Lipinski definition) is 4. The van der Waals surface area contributed by atoms with Crippen LogP contribution in [0.15, 0.2) is 24.4 Å². The number of hydrogen-bond donors (Lipinski definition) is 0. The fraction of sp³-hybridized carbons (Fsp3) is 0.450. The Kier molecular flexibility index (Phi) is 5.38. The molecule has 0 bridgehead atoms. The van der Waals surface area contributed by atoms with Crippen LogP contribution in [0.2, 0.25) is 9.36 Å².